The number of aliphatic hydroxyl groups is 1. The molecule has 4 rings (SSSR count). The Labute approximate surface area is 128 Å². The zero-order chi connectivity index (χ0) is 14.2. The lowest BCUT2D eigenvalue weighted by molar-refractivity contribution is 0.107. The largest absolute Gasteiger partial charge is 0.393 e. The minimum Gasteiger partial charge on any atom is -0.393 e. The summed E-state index contributed by atoms with van der Waals surface area (Å²) in [6, 6.07) is 8.90. The molecule has 2 bridgehead atoms. The summed E-state index contributed by atoms with van der Waals surface area (Å²) in [5.41, 5.74) is 3.05. The van der Waals surface area contributed by atoms with Gasteiger partial charge in [-0.2, -0.15) is 0 Å². The number of rotatable bonds is 4. The fraction of sp³-hybridized carbons (Fsp3) is 0.700. The molecule has 0 saturated heterocycles. The van der Waals surface area contributed by atoms with E-state index in [4.69, 9.17) is 0 Å². The molecule has 3 aliphatic rings. The lowest BCUT2D eigenvalue weighted by Gasteiger charge is -2.29. The van der Waals surface area contributed by atoms with Crippen LogP contribution in [0.2, 0.25) is 0 Å². The van der Waals surface area contributed by atoms with E-state index in [2.05, 4.69) is 24.3 Å². The Morgan fingerprint density at radius 1 is 1.05 bits per heavy atom. The van der Waals surface area contributed by atoms with Gasteiger partial charge >= 0.3 is 0 Å². The van der Waals surface area contributed by atoms with Crippen LogP contribution in [0, 0.1) is 17.8 Å². The van der Waals surface area contributed by atoms with Gasteiger partial charge in [-0.05, 0) is 86.2 Å². The van der Waals surface area contributed by atoms with Gasteiger partial charge in [0, 0.05) is 0 Å². The van der Waals surface area contributed by atoms with Crippen molar-refractivity contribution in [1.82, 2.24) is 0 Å². The van der Waals surface area contributed by atoms with Gasteiger partial charge in [-0.3, -0.25) is 0 Å². The van der Waals surface area contributed by atoms with Gasteiger partial charge in [-0.1, -0.05) is 30.7 Å². The fourth-order valence-corrected chi connectivity index (χ4v) is 5.54. The number of fused-ring (bicyclic) bond motifs is 3. The lowest BCUT2D eigenvalue weighted by Crippen LogP contribution is -2.22. The van der Waals surface area contributed by atoms with Crippen LogP contribution in [0.1, 0.15) is 68.4 Å². The van der Waals surface area contributed by atoms with Crippen LogP contribution >= 0.6 is 0 Å². The second-order valence-corrected chi connectivity index (χ2v) is 7.85. The fourth-order valence-electron chi connectivity index (χ4n) is 5.54. The quantitative estimate of drug-likeness (QED) is 0.851. The molecule has 2 saturated carbocycles. The molecule has 0 heterocycles. The average molecular weight is 284 g/mol. The smallest absolute Gasteiger partial charge is 0.0548 e. The first-order valence-electron chi connectivity index (χ1n) is 9.05. The third kappa shape index (κ3) is 2.77. The maximum Gasteiger partial charge on any atom is 0.0548 e. The SMILES string of the molecule is OC(CC1CCCc2ccccc21)CC1CC2CCC1C2. The monoisotopic (exact) mass is 284 g/mol. The van der Waals surface area contributed by atoms with E-state index in [1.807, 2.05) is 0 Å². The van der Waals surface area contributed by atoms with E-state index in [0.717, 1.165) is 30.6 Å². The Balaban J connectivity index is 1.38. The van der Waals surface area contributed by atoms with E-state index in [0.29, 0.717) is 5.92 Å². The number of aliphatic hydroxyl groups excluding tert-OH is 1. The van der Waals surface area contributed by atoms with Gasteiger partial charge in [-0.25, -0.2) is 0 Å². The highest BCUT2D eigenvalue weighted by atomic mass is 16.3. The van der Waals surface area contributed by atoms with Crippen molar-refractivity contribution in [1.29, 1.82) is 0 Å². The zero-order valence-corrected chi connectivity index (χ0v) is 13.0. The van der Waals surface area contributed by atoms with E-state index < -0.39 is 0 Å². The zero-order valence-electron chi connectivity index (χ0n) is 13.0. The number of benzene rings is 1. The lowest BCUT2D eigenvalue weighted by atomic mass is 9.77. The van der Waals surface area contributed by atoms with Crippen molar-refractivity contribution in [3.05, 3.63) is 35.4 Å². The van der Waals surface area contributed by atoms with E-state index in [9.17, 15) is 5.11 Å². The molecule has 114 valence electrons. The summed E-state index contributed by atoms with van der Waals surface area (Å²) in [6.45, 7) is 0. The van der Waals surface area contributed by atoms with Crippen molar-refractivity contribution in [2.24, 2.45) is 17.8 Å². The Bertz CT molecular complexity index is 494. The molecule has 1 aromatic carbocycles. The van der Waals surface area contributed by atoms with E-state index >= 15 is 0 Å². The molecule has 0 spiro atoms. The van der Waals surface area contributed by atoms with E-state index in [1.165, 1.54) is 56.1 Å². The molecule has 1 N–H and O–H groups in total. The summed E-state index contributed by atoms with van der Waals surface area (Å²) in [7, 11) is 0. The standard InChI is InChI=1S/C20H28O/c21-19(13-18-11-14-8-9-16(18)10-14)12-17-6-3-5-15-4-1-2-7-20(15)17/h1-2,4,7,14,16-19,21H,3,5-6,8-13H2. The molecular formula is C20H28O. The van der Waals surface area contributed by atoms with Crippen molar-refractivity contribution >= 4 is 0 Å². The molecule has 0 radical (unpaired) electrons. The molecule has 0 aromatic heterocycles. The van der Waals surface area contributed by atoms with Gasteiger partial charge in [0.2, 0.25) is 0 Å². The second-order valence-electron chi connectivity index (χ2n) is 7.85. The minimum atomic E-state index is -0.0782. The Morgan fingerprint density at radius 2 is 1.95 bits per heavy atom. The van der Waals surface area contributed by atoms with Gasteiger partial charge in [0.1, 0.15) is 0 Å². The molecule has 1 nitrogen and oxygen atoms in total. The minimum absolute atomic E-state index is 0.0782. The Morgan fingerprint density at radius 3 is 2.76 bits per heavy atom. The van der Waals surface area contributed by atoms with E-state index in [1.54, 1.807) is 0 Å². The molecule has 5 atom stereocenters. The highest BCUT2D eigenvalue weighted by Crippen LogP contribution is 2.50. The summed E-state index contributed by atoms with van der Waals surface area (Å²) in [5, 5.41) is 10.6. The first kappa shape index (κ1) is 13.8. The van der Waals surface area contributed by atoms with E-state index in [-0.39, 0.29) is 6.10 Å². The molecular weight excluding hydrogens is 256 g/mol. The Kier molecular flexibility index (Phi) is 3.79. The Hall–Kier alpha value is -0.820. The van der Waals surface area contributed by atoms with Crippen LogP contribution in [-0.4, -0.2) is 11.2 Å². The van der Waals surface area contributed by atoms with Gasteiger partial charge in [0.15, 0.2) is 0 Å². The first-order valence-corrected chi connectivity index (χ1v) is 9.05. The van der Waals surface area contributed by atoms with Gasteiger partial charge in [0.05, 0.1) is 6.10 Å². The van der Waals surface area contributed by atoms with Crippen molar-refractivity contribution in [3.8, 4) is 0 Å². The molecule has 3 aliphatic carbocycles. The molecule has 1 aromatic rings. The topological polar surface area (TPSA) is 20.2 Å². The first-order chi connectivity index (χ1) is 10.3. The molecule has 1 heteroatoms. The molecule has 0 amide bonds. The molecule has 2 fully saturated rings. The molecule has 21 heavy (non-hydrogen) atoms. The summed E-state index contributed by atoms with van der Waals surface area (Å²) in [6.07, 6.45) is 11.5. The number of hydrogen-bond acceptors (Lipinski definition) is 1. The highest BCUT2D eigenvalue weighted by molar-refractivity contribution is 5.32. The highest BCUT2D eigenvalue weighted by Gasteiger charge is 2.40. The van der Waals surface area contributed by atoms with Gasteiger partial charge in [-0.15, -0.1) is 0 Å². The predicted octanol–water partition coefficient (Wildman–Crippen LogP) is 4.68. The van der Waals surface area contributed by atoms with Crippen LogP contribution in [0.3, 0.4) is 0 Å². The van der Waals surface area contributed by atoms with Crippen LogP contribution in [0.15, 0.2) is 24.3 Å². The van der Waals surface area contributed by atoms with Crippen LogP contribution in [-0.2, 0) is 6.42 Å². The third-order valence-electron chi connectivity index (χ3n) is 6.51. The van der Waals surface area contributed by atoms with Crippen molar-refractivity contribution in [2.45, 2.75) is 69.8 Å². The van der Waals surface area contributed by atoms with Crippen LogP contribution in [0.5, 0.6) is 0 Å². The van der Waals surface area contributed by atoms with Crippen molar-refractivity contribution in [3.63, 3.8) is 0 Å². The maximum absolute atomic E-state index is 10.6. The molecule has 0 aliphatic heterocycles. The summed E-state index contributed by atoms with van der Waals surface area (Å²) in [5.74, 6) is 3.38. The van der Waals surface area contributed by atoms with Crippen molar-refractivity contribution < 1.29 is 5.11 Å². The summed E-state index contributed by atoms with van der Waals surface area (Å²) >= 11 is 0. The van der Waals surface area contributed by atoms with Crippen LogP contribution in [0.25, 0.3) is 0 Å². The van der Waals surface area contributed by atoms with Crippen LogP contribution in [0.4, 0.5) is 0 Å². The number of aryl methyl sites for hydroxylation is 1. The number of hydrogen-bond donors (Lipinski definition) is 1. The van der Waals surface area contributed by atoms with Gasteiger partial charge < -0.3 is 5.11 Å². The van der Waals surface area contributed by atoms with Crippen molar-refractivity contribution in [2.75, 3.05) is 0 Å². The third-order valence-corrected chi connectivity index (χ3v) is 6.51. The average Bonchev–Trinajstić information content (AvgIpc) is 3.10. The normalized spacial score (nSPS) is 35.7. The second kappa shape index (κ2) is 5.76. The van der Waals surface area contributed by atoms with Crippen LogP contribution < -0.4 is 0 Å². The predicted molar refractivity (Wildman–Crippen MR) is 86.3 cm³/mol. The maximum atomic E-state index is 10.6. The van der Waals surface area contributed by atoms with Gasteiger partial charge in [0.25, 0.3) is 0 Å². The summed E-state index contributed by atoms with van der Waals surface area (Å²) in [4.78, 5) is 0. The summed E-state index contributed by atoms with van der Waals surface area (Å²) < 4.78 is 0. The molecule has 5 unspecified atom stereocenters.